The second-order valence-corrected chi connectivity index (χ2v) is 5.70. The Kier molecular flexibility index (Phi) is 10.4. The zero-order chi connectivity index (χ0) is 17.6. The van der Waals surface area contributed by atoms with Gasteiger partial charge in [0.25, 0.3) is 0 Å². The Balaban J connectivity index is 2.33. The number of amides is 1. The summed E-state index contributed by atoms with van der Waals surface area (Å²) in [4.78, 5) is 23.7. The first kappa shape index (κ1) is 20.1. The Morgan fingerprint density at radius 3 is 2.75 bits per heavy atom. The molecule has 1 unspecified atom stereocenters. The topological polar surface area (TPSA) is 73.9 Å². The summed E-state index contributed by atoms with van der Waals surface area (Å²) < 4.78 is 15.5. The Morgan fingerprint density at radius 2 is 2.08 bits per heavy atom. The number of rotatable bonds is 11. The molecule has 1 rings (SSSR count). The standard InChI is InChI=1S/C17H23NO5S/c1-3-16(19)22-11-10-18-17(20)23-14(12-21-4-2)13-24-15-8-6-5-7-9-15/h3,5-9,14H,1,4,10-13H2,2H3,(H,18,20). The number of carbonyl (C=O) groups excluding carboxylic acids is 2. The van der Waals surface area contributed by atoms with Crippen LogP contribution in [-0.4, -0.2) is 50.3 Å². The number of thioether (sulfide) groups is 1. The minimum Gasteiger partial charge on any atom is -0.461 e. The van der Waals surface area contributed by atoms with Crippen molar-refractivity contribution in [3.63, 3.8) is 0 Å². The lowest BCUT2D eigenvalue weighted by molar-refractivity contribution is -0.137. The summed E-state index contributed by atoms with van der Waals surface area (Å²) in [5, 5.41) is 2.53. The molecule has 0 aliphatic rings. The molecule has 0 saturated carbocycles. The van der Waals surface area contributed by atoms with Crippen LogP contribution in [-0.2, 0) is 19.0 Å². The lowest BCUT2D eigenvalue weighted by Gasteiger charge is -2.18. The molecule has 24 heavy (non-hydrogen) atoms. The summed E-state index contributed by atoms with van der Waals surface area (Å²) in [5.74, 6) is 0.0572. The van der Waals surface area contributed by atoms with Gasteiger partial charge in [0.1, 0.15) is 12.7 Å². The van der Waals surface area contributed by atoms with Gasteiger partial charge in [-0.2, -0.15) is 0 Å². The average molecular weight is 353 g/mol. The van der Waals surface area contributed by atoms with E-state index in [1.807, 2.05) is 37.3 Å². The highest BCUT2D eigenvalue weighted by Crippen LogP contribution is 2.19. The zero-order valence-electron chi connectivity index (χ0n) is 13.7. The summed E-state index contributed by atoms with van der Waals surface area (Å²) >= 11 is 1.59. The molecule has 0 radical (unpaired) electrons. The van der Waals surface area contributed by atoms with Gasteiger partial charge in [-0.25, -0.2) is 9.59 Å². The van der Waals surface area contributed by atoms with Gasteiger partial charge >= 0.3 is 12.1 Å². The summed E-state index contributed by atoms with van der Waals surface area (Å²) in [6.45, 7) is 6.29. The van der Waals surface area contributed by atoms with E-state index < -0.39 is 12.1 Å². The fourth-order valence-electron chi connectivity index (χ4n) is 1.63. The molecule has 7 heteroatoms. The first-order valence-corrected chi connectivity index (χ1v) is 8.63. The van der Waals surface area contributed by atoms with Crippen LogP contribution in [0.15, 0.2) is 47.9 Å². The molecule has 132 valence electrons. The molecule has 6 nitrogen and oxygen atoms in total. The minimum atomic E-state index is -0.567. The summed E-state index contributed by atoms with van der Waals surface area (Å²) in [6.07, 6.45) is 0.131. The second-order valence-electron chi connectivity index (χ2n) is 4.61. The fourth-order valence-corrected chi connectivity index (χ4v) is 2.52. The fraction of sp³-hybridized carbons (Fsp3) is 0.412. The predicted molar refractivity (Wildman–Crippen MR) is 93.1 cm³/mol. The SMILES string of the molecule is C=CC(=O)OCCNC(=O)OC(COCC)CSc1ccccc1. The summed E-state index contributed by atoms with van der Waals surface area (Å²) in [7, 11) is 0. The van der Waals surface area contributed by atoms with Gasteiger partial charge in [-0.3, -0.25) is 0 Å². The quantitative estimate of drug-likeness (QED) is 0.285. The first-order valence-electron chi connectivity index (χ1n) is 7.65. The molecule has 0 saturated heterocycles. The van der Waals surface area contributed by atoms with Crippen LogP contribution in [0.5, 0.6) is 0 Å². The zero-order valence-corrected chi connectivity index (χ0v) is 14.6. The number of benzene rings is 1. The number of alkyl carbamates (subject to hydrolysis) is 1. The second kappa shape index (κ2) is 12.4. The third-order valence-electron chi connectivity index (χ3n) is 2.74. The van der Waals surface area contributed by atoms with Crippen molar-refractivity contribution in [3.8, 4) is 0 Å². The van der Waals surface area contributed by atoms with Crippen molar-refractivity contribution in [1.29, 1.82) is 0 Å². The highest BCUT2D eigenvalue weighted by molar-refractivity contribution is 7.99. The molecule has 1 amide bonds. The van der Waals surface area contributed by atoms with E-state index in [0.29, 0.717) is 19.0 Å². The molecule has 1 aromatic rings. The maximum absolute atomic E-state index is 11.8. The average Bonchev–Trinajstić information content (AvgIpc) is 2.61. The van der Waals surface area contributed by atoms with Crippen molar-refractivity contribution in [2.24, 2.45) is 0 Å². The van der Waals surface area contributed by atoms with Crippen LogP contribution in [0.2, 0.25) is 0 Å². The monoisotopic (exact) mass is 353 g/mol. The molecular formula is C17H23NO5S. The third kappa shape index (κ3) is 9.22. The number of hydrogen-bond acceptors (Lipinski definition) is 6. The van der Waals surface area contributed by atoms with Crippen LogP contribution in [0.3, 0.4) is 0 Å². The summed E-state index contributed by atoms with van der Waals surface area (Å²) in [5.41, 5.74) is 0. The van der Waals surface area contributed by atoms with Crippen LogP contribution < -0.4 is 5.32 Å². The molecule has 1 aromatic carbocycles. The number of carbonyl (C=O) groups is 2. The van der Waals surface area contributed by atoms with Gasteiger partial charge in [-0.05, 0) is 19.1 Å². The summed E-state index contributed by atoms with van der Waals surface area (Å²) in [6, 6.07) is 9.85. The molecule has 0 aliphatic carbocycles. The van der Waals surface area contributed by atoms with Gasteiger partial charge in [0.2, 0.25) is 0 Å². The highest BCUT2D eigenvalue weighted by atomic mass is 32.2. The molecular weight excluding hydrogens is 330 g/mol. The Morgan fingerprint density at radius 1 is 1.33 bits per heavy atom. The number of esters is 1. The molecule has 0 fully saturated rings. The van der Waals surface area contributed by atoms with E-state index >= 15 is 0 Å². The molecule has 0 aliphatic heterocycles. The van der Waals surface area contributed by atoms with E-state index in [1.54, 1.807) is 11.8 Å². The number of hydrogen-bond donors (Lipinski definition) is 1. The molecule has 0 spiro atoms. The van der Waals surface area contributed by atoms with Gasteiger partial charge in [0.15, 0.2) is 0 Å². The smallest absolute Gasteiger partial charge is 0.407 e. The van der Waals surface area contributed by atoms with E-state index in [4.69, 9.17) is 14.2 Å². The maximum atomic E-state index is 11.8. The van der Waals surface area contributed by atoms with Crippen molar-refractivity contribution in [2.75, 3.05) is 32.1 Å². The maximum Gasteiger partial charge on any atom is 0.407 e. The molecule has 0 aromatic heterocycles. The van der Waals surface area contributed by atoms with Gasteiger partial charge in [0.05, 0.1) is 13.2 Å². The van der Waals surface area contributed by atoms with Gasteiger partial charge in [-0.1, -0.05) is 24.8 Å². The third-order valence-corrected chi connectivity index (χ3v) is 3.89. The van der Waals surface area contributed by atoms with Crippen LogP contribution in [0.4, 0.5) is 4.79 Å². The van der Waals surface area contributed by atoms with Gasteiger partial charge in [-0.15, -0.1) is 11.8 Å². The Labute approximate surface area is 146 Å². The van der Waals surface area contributed by atoms with Crippen molar-refractivity contribution in [1.82, 2.24) is 5.32 Å². The van der Waals surface area contributed by atoms with Crippen molar-refractivity contribution in [3.05, 3.63) is 43.0 Å². The van der Waals surface area contributed by atoms with E-state index in [2.05, 4.69) is 11.9 Å². The number of nitrogens with one attached hydrogen (secondary N) is 1. The van der Waals surface area contributed by atoms with Crippen LogP contribution in [0, 0.1) is 0 Å². The van der Waals surface area contributed by atoms with Crippen LogP contribution in [0.25, 0.3) is 0 Å². The van der Waals surface area contributed by atoms with E-state index in [0.717, 1.165) is 11.0 Å². The highest BCUT2D eigenvalue weighted by Gasteiger charge is 2.15. The van der Waals surface area contributed by atoms with Crippen molar-refractivity contribution >= 4 is 23.8 Å². The van der Waals surface area contributed by atoms with Crippen LogP contribution >= 0.6 is 11.8 Å². The van der Waals surface area contributed by atoms with Crippen LogP contribution in [0.1, 0.15) is 6.92 Å². The van der Waals surface area contributed by atoms with Crippen molar-refractivity contribution < 1.29 is 23.8 Å². The predicted octanol–water partition coefficient (Wildman–Crippen LogP) is 2.64. The minimum absolute atomic E-state index is 0.0643. The molecule has 0 heterocycles. The first-order chi connectivity index (χ1) is 11.7. The Hall–Kier alpha value is -1.99. The van der Waals surface area contributed by atoms with Crippen molar-refractivity contribution in [2.45, 2.75) is 17.9 Å². The molecule has 1 N–H and O–H groups in total. The number of ether oxygens (including phenoxy) is 3. The van der Waals surface area contributed by atoms with E-state index in [1.165, 1.54) is 0 Å². The molecule has 1 atom stereocenters. The normalized spacial score (nSPS) is 11.4. The Bertz CT molecular complexity index is 509. The lowest BCUT2D eigenvalue weighted by atomic mass is 10.4. The lowest BCUT2D eigenvalue weighted by Crippen LogP contribution is -2.34. The van der Waals surface area contributed by atoms with Gasteiger partial charge < -0.3 is 19.5 Å². The van der Waals surface area contributed by atoms with Gasteiger partial charge in [0, 0.05) is 23.3 Å². The molecule has 0 bridgehead atoms. The largest absolute Gasteiger partial charge is 0.461 e. The van der Waals surface area contributed by atoms with E-state index in [-0.39, 0.29) is 19.3 Å². The van der Waals surface area contributed by atoms with E-state index in [9.17, 15) is 9.59 Å².